The highest BCUT2D eigenvalue weighted by molar-refractivity contribution is 14.1. The molecule has 30 heavy (non-hydrogen) atoms. The molecule has 0 aliphatic heterocycles. The molecule has 4 aromatic rings. The van der Waals surface area contributed by atoms with Gasteiger partial charge in [0.15, 0.2) is 11.5 Å². The van der Waals surface area contributed by atoms with Crippen LogP contribution >= 0.6 is 22.6 Å². The van der Waals surface area contributed by atoms with Crippen LogP contribution in [-0.4, -0.2) is 44.1 Å². The number of pyridine rings is 1. The van der Waals surface area contributed by atoms with E-state index in [4.69, 9.17) is 19.8 Å². The minimum absolute atomic E-state index is 0.0141. The zero-order chi connectivity index (χ0) is 21.3. The lowest BCUT2D eigenvalue weighted by molar-refractivity contribution is 0.241. The maximum atomic E-state index is 9.25. The van der Waals surface area contributed by atoms with Crippen LogP contribution in [0.5, 0.6) is 11.5 Å². The van der Waals surface area contributed by atoms with Crippen molar-refractivity contribution in [1.29, 1.82) is 5.26 Å². The van der Waals surface area contributed by atoms with Crippen LogP contribution in [0.1, 0.15) is 5.56 Å². The molecule has 0 fully saturated rings. The molecule has 0 amide bonds. The molecule has 4 rings (SSSR count). The third kappa shape index (κ3) is 3.66. The largest absolute Gasteiger partial charge is 0.493 e. The molecule has 2 aromatic heterocycles. The first kappa shape index (κ1) is 20.4. The van der Waals surface area contributed by atoms with Gasteiger partial charge in [-0.15, -0.1) is 0 Å². The summed E-state index contributed by atoms with van der Waals surface area (Å²) >= 11 is 2.14. The van der Waals surface area contributed by atoms with Crippen molar-refractivity contribution in [3.8, 4) is 28.8 Å². The number of nitriles is 1. The summed E-state index contributed by atoms with van der Waals surface area (Å²) in [5.41, 5.74) is 3.99. The summed E-state index contributed by atoms with van der Waals surface area (Å²) in [5.74, 6) is 1.17. The van der Waals surface area contributed by atoms with Crippen molar-refractivity contribution in [1.82, 2.24) is 14.8 Å². The van der Waals surface area contributed by atoms with Crippen molar-refractivity contribution in [2.24, 2.45) is 7.05 Å². The molecule has 0 saturated carbocycles. The molecule has 0 radical (unpaired) electrons. The molecule has 0 aliphatic carbocycles. The van der Waals surface area contributed by atoms with Gasteiger partial charge in [0.2, 0.25) is 0 Å². The molecule has 0 bridgehead atoms. The molecule has 0 saturated heterocycles. The molecule has 7 nitrogen and oxygen atoms in total. The van der Waals surface area contributed by atoms with Crippen molar-refractivity contribution in [3.05, 3.63) is 48.2 Å². The van der Waals surface area contributed by atoms with Crippen LogP contribution in [0.15, 0.2) is 42.6 Å². The Morgan fingerprint density at radius 1 is 1.23 bits per heavy atom. The van der Waals surface area contributed by atoms with Gasteiger partial charge in [0.25, 0.3) is 0 Å². The summed E-state index contributed by atoms with van der Waals surface area (Å²) in [4.78, 5) is 4.60. The maximum absolute atomic E-state index is 9.25. The van der Waals surface area contributed by atoms with E-state index in [0.29, 0.717) is 23.7 Å². The van der Waals surface area contributed by atoms with E-state index in [0.717, 1.165) is 33.1 Å². The number of hydrogen-bond donors (Lipinski definition) is 1. The van der Waals surface area contributed by atoms with Crippen LogP contribution in [0, 0.1) is 11.3 Å². The van der Waals surface area contributed by atoms with E-state index >= 15 is 0 Å². The number of aliphatic hydroxyl groups is 1. The number of hydrogen-bond acceptors (Lipinski definition) is 6. The van der Waals surface area contributed by atoms with Crippen LogP contribution in [0.2, 0.25) is 0 Å². The zero-order valence-electron chi connectivity index (χ0n) is 16.5. The Bertz CT molecular complexity index is 1260. The summed E-state index contributed by atoms with van der Waals surface area (Å²) in [6.07, 6.45) is 1.79. The Morgan fingerprint density at radius 2 is 2.00 bits per heavy atom. The van der Waals surface area contributed by atoms with Crippen molar-refractivity contribution < 1.29 is 14.6 Å². The fourth-order valence-corrected chi connectivity index (χ4v) is 3.53. The summed E-state index contributed by atoms with van der Waals surface area (Å²) in [6.45, 7) is 0.406. The van der Waals surface area contributed by atoms with Gasteiger partial charge < -0.3 is 14.6 Å². The first-order valence-corrected chi connectivity index (χ1v) is 10.5. The zero-order valence-corrected chi connectivity index (χ0v) is 18.6. The summed E-state index contributed by atoms with van der Waals surface area (Å²) in [6, 6.07) is 13.3. The number of methoxy groups -OCH3 is 1. The van der Waals surface area contributed by atoms with E-state index in [1.54, 1.807) is 30.1 Å². The number of ether oxygens (including phenoxy) is 2. The summed E-state index contributed by atoms with van der Waals surface area (Å²) in [5, 5.41) is 24.9. The van der Waals surface area contributed by atoms with Crippen molar-refractivity contribution in [2.75, 3.05) is 20.3 Å². The Kier molecular flexibility index (Phi) is 5.74. The number of fused-ring (bicyclic) bond motifs is 3. The van der Waals surface area contributed by atoms with E-state index in [2.05, 4.69) is 33.6 Å². The monoisotopic (exact) mass is 514 g/mol. The first-order valence-electron chi connectivity index (χ1n) is 9.27. The molecule has 1 N–H and O–H groups in total. The molecule has 0 spiro atoms. The second kappa shape index (κ2) is 8.45. The van der Waals surface area contributed by atoms with Gasteiger partial charge in [-0.2, -0.15) is 10.4 Å². The third-order valence-electron chi connectivity index (χ3n) is 4.87. The predicted molar refractivity (Wildman–Crippen MR) is 123 cm³/mol. The van der Waals surface area contributed by atoms with Crippen molar-refractivity contribution >= 4 is 44.4 Å². The fraction of sp³-hybridized carbons (Fsp3) is 0.227. The SMILES string of the molecule is COc1cc2c(cc1OCC(I)CO)ncc1c2c(-c2ccc(C#N)cc2)nn1C. The number of aliphatic hydroxyl groups excluding tert-OH is 1. The Balaban J connectivity index is 1.90. The minimum Gasteiger partial charge on any atom is -0.493 e. The Labute approximate surface area is 187 Å². The van der Waals surface area contributed by atoms with Crippen LogP contribution in [-0.2, 0) is 7.05 Å². The van der Waals surface area contributed by atoms with E-state index < -0.39 is 0 Å². The van der Waals surface area contributed by atoms with Crippen LogP contribution in [0.4, 0.5) is 0 Å². The van der Waals surface area contributed by atoms with Crippen molar-refractivity contribution in [3.63, 3.8) is 0 Å². The molecule has 0 aliphatic rings. The fourth-order valence-electron chi connectivity index (χ4n) is 3.35. The van der Waals surface area contributed by atoms with Gasteiger partial charge in [-0.05, 0) is 18.2 Å². The Hall–Kier alpha value is -2.90. The number of aryl methyl sites for hydroxylation is 1. The smallest absolute Gasteiger partial charge is 0.163 e. The summed E-state index contributed by atoms with van der Waals surface area (Å²) in [7, 11) is 3.48. The number of benzene rings is 2. The number of aromatic nitrogens is 3. The molecule has 8 heteroatoms. The van der Waals surface area contributed by atoms with Crippen LogP contribution < -0.4 is 9.47 Å². The van der Waals surface area contributed by atoms with Gasteiger partial charge in [-0.3, -0.25) is 9.67 Å². The first-order chi connectivity index (χ1) is 14.5. The predicted octanol–water partition coefficient (Wildman–Crippen LogP) is 3.84. The highest BCUT2D eigenvalue weighted by atomic mass is 127. The highest BCUT2D eigenvalue weighted by Crippen LogP contribution is 2.38. The molecule has 2 heterocycles. The molecule has 1 atom stereocenters. The van der Waals surface area contributed by atoms with E-state index in [1.807, 2.05) is 31.3 Å². The van der Waals surface area contributed by atoms with Gasteiger partial charge in [0, 0.05) is 29.4 Å². The topological polar surface area (TPSA) is 93.2 Å². The van der Waals surface area contributed by atoms with E-state index in [1.165, 1.54) is 0 Å². The average Bonchev–Trinajstić information content (AvgIpc) is 3.13. The number of halogens is 1. The molecular formula is C22H19IN4O3. The van der Waals surface area contributed by atoms with Crippen molar-refractivity contribution in [2.45, 2.75) is 3.92 Å². The lowest BCUT2D eigenvalue weighted by atomic mass is 10.0. The van der Waals surface area contributed by atoms with E-state index in [-0.39, 0.29) is 10.5 Å². The Morgan fingerprint density at radius 3 is 2.67 bits per heavy atom. The van der Waals surface area contributed by atoms with Crippen LogP contribution in [0.25, 0.3) is 33.1 Å². The molecular weight excluding hydrogens is 495 g/mol. The quantitative estimate of drug-likeness (QED) is 0.311. The second-order valence-corrected chi connectivity index (χ2v) is 8.55. The normalized spacial score (nSPS) is 12.1. The summed E-state index contributed by atoms with van der Waals surface area (Å²) < 4.78 is 13.2. The lowest BCUT2D eigenvalue weighted by Crippen LogP contribution is -2.15. The van der Waals surface area contributed by atoms with Gasteiger partial charge in [0.1, 0.15) is 12.3 Å². The van der Waals surface area contributed by atoms with E-state index in [9.17, 15) is 5.11 Å². The maximum Gasteiger partial charge on any atom is 0.163 e. The van der Waals surface area contributed by atoms with Gasteiger partial charge >= 0.3 is 0 Å². The number of alkyl halides is 1. The van der Waals surface area contributed by atoms with Crippen LogP contribution in [0.3, 0.4) is 0 Å². The van der Waals surface area contributed by atoms with Gasteiger partial charge in [-0.1, -0.05) is 34.7 Å². The van der Waals surface area contributed by atoms with Gasteiger partial charge in [-0.25, -0.2) is 0 Å². The van der Waals surface area contributed by atoms with Gasteiger partial charge in [0.05, 0.1) is 46.5 Å². The third-order valence-corrected chi connectivity index (χ3v) is 5.63. The number of rotatable bonds is 6. The highest BCUT2D eigenvalue weighted by Gasteiger charge is 2.18. The average molecular weight is 514 g/mol. The second-order valence-electron chi connectivity index (χ2n) is 6.79. The molecule has 152 valence electrons. The molecule has 1 unspecified atom stereocenters. The number of nitrogens with zero attached hydrogens (tertiary/aromatic N) is 4. The standard InChI is InChI=1S/C22H19IN4O3/c1-27-18-10-25-17-8-20(30-12-15(23)11-28)19(29-2)7-16(17)21(18)22(26-27)14-5-3-13(9-24)4-6-14/h3-8,10,15,28H,11-12H2,1-2H3. The minimum atomic E-state index is -0.0141. The lowest BCUT2D eigenvalue weighted by Gasteiger charge is -2.14. The molecule has 2 aromatic carbocycles.